The maximum atomic E-state index is 12.9. The summed E-state index contributed by atoms with van der Waals surface area (Å²) in [6, 6.07) is 13.8. The van der Waals surface area contributed by atoms with Crippen LogP contribution in [0.25, 0.3) is 0 Å². The number of piperidine rings is 1. The van der Waals surface area contributed by atoms with Crippen LogP contribution in [0.1, 0.15) is 41.6 Å². The molecule has 0 amide bonds. The van der Waals surface area contributed by atoms with Gasteiger partial charge >= 0.3 is 0 Å². The zero-order valence-corrected chi connectivity index (χ0v) is 16.8. The van der Waals surface area contributed by atoms with Crippen molar-refractivity contribution in [1.82, 2.24) is 4.90 Å². The van der Waals surface area contributed by atoms with E-state index in [1.807, 2.05) is 24.3 Å². The normalized spacial score (nSPS) is 17.2. The van der Waals surface area contributed by atoms with Crippen molar-refractivity contribution < 1.29 is 14.3 Å². The molecule has 1 N–H and O–H groups in total. The molecule has 0 unspecified atom stereocenters. The highest BCUT2D eigenvalue weighted by molar-refractivity contribution is 14.1. The van der Waals surface area contributed by atoms with E-state index >= 15 is 0 Å². The van der Waals surface area contributed by atoms with Gasteiger partial charge in [-0.05, 0) is 90.4 Å². The average molecular weight is 467 g/mol. The third kappa shape index (κ3) is 4.90. The van der Waals surface area contributed by atoms with Gasteiger partial charge in [0.15, 0.2) is 5.78 Å². The van der Waals surface area contributed by atoms with Crippen molar-refractivity contribution in [3.63, 3.8) is 0 Å². The van der Waals surface area contributed by atoms with Crippen molar-refractivity contribution in [3.05, 3.63) is 69.0 Å². The van der Waals surface area contributed by atoms with E-state index < -0.39 is 5.60 Å². The summed E-state index contributed by atoms with van der Waals surface area (Å²) in [5.41, 5.74) is 0.812. The highest BCUT2D eigenvalue weighted by atomic mass is 127. The van der Waals surface area contributed by atoms with E-state index in [-0.39, 0.29) is 11.6 Å². The molecule has 1 fully saturated rings. The number of aliphatic hydroxyl groups is 1. The first-order valence-corrected chi connectivity index (χ1v) is 10.0. The van der Waals surface area contributed by atoms with Gasteiger partial charge in [-0.2, -0.15) is 0 Å². The van der Waals surface area contributed by atoms with Gasteiger partial charge in [0, 0.05) is 28.6 Å². The number of nitrogens with zero attached hydrogens (tertiary/aromatic N) is 1. The molecule has 0 saturated carbocycles. The lowest BCUT2D eigenvalue weighted by atomic mass is 9.84. The molecule has 0 radical (unpaired) electrons. The molecule has 1 saturated heterocycles. The number of likely N-dealkylation sites (tertiary alicyclic amines) is 1. The molecule has 0 bridgehead atoms. The van der Waals surface area contributed by atoms with Gasteiger partial charge in [-0.25, -0.2) is 4.39 Å². The molecule has 138 valence electrons. The summed E-state index contributed by atoms with van der Waals surface area (Å²) >= 11 is 2.27. The number of hydrogen-bond acceptors (Lipinski definition) is 3. The molecule has 2 aromatic carbocycles. The van der Waals surface area contributed by atoms with Gasteiger partial charge in [0.25, 0.3) is 0 Å². The van der Waals surface area contributed by atoms with Crippen LogP contribution in [0.4, 0.5) is 4.39 Å². The maximum absolute atomic E-state index is 12.9. The molecule has 0 atom stereocenters. The van der Waals surface area contributed by atoms with E-state index in [2.05, 4.69) is 27.5 Å². The minimum Gasteiger partial charge on any atom is -0.385 e. The Bertz CT molecular complexity index is 738. The van der Waals surface area contributed by atoms with E-state index in [9.17, 15) is 14.3 Å². The van der Waals surface area contributed by atoms with E-state index in [4.69, 9.17) is 0 Å². The largest absolute Gasteiger partial charge is 0.385 e. The summed E-state index contributed by atoms with van der Waals surface area (Å²) < 4.78 is 14.1. The highest BCUT2D eigenvalue weighted by Crippen LogP contribution is 2.33. The van der Waals surface area contributed by atoms with Crippen LogP contribution < -0.4 is 0 Å². The van der Waals surface area contributed by atoms with Gasteiger partial charge in [0.05, 0.1) is 5.60 Å². The topological polar surface area (TPSA) is 40.5 Å². The van der Waals surface area contributed by atoms with Gasteiger partial charge < -0.3 is 10.0 Å². The molecule has 3 rings (SSSR count). The maximum Gasteiger partial charge on any atom is 0.162 e. The molecule has 5 heteroatoms. The minimum atomic E-state index is -0.745. The highest BCUT2D eigenvalue weighted by Gasteiger charge is 2.33. The number of carbonyl (C=O) groups excluding carboxylic acids is 1. The van der Waals surface area contributed by atoms with E-state index in [0.717, 1.165) is 31.6 Å². The second kappa shape index (κ2) is 8.59. The van der Waals surface area contributed by atoms with Crippen LogP contribution in [-0.2, 0) is 5.60 Å². The average Bonchev–Trinajstić information content (AvgIpc) is 2.64. The molecule has 2 aromatic rings. The number of ketones is 1. The standard InChI is InChI=1S/C21H23FINO2/c22-18-7-3-16(4-8-18)20(25)2-1-13-24-14-11-21(26,12-15-24)17-5-9-19(23)10-6-17/h3-10,26H,1-2,11-15H2. The third-order valence-corrected chi connectivity index (χ3v) is 5.83. The number of hydrogen-bond donors (Lipinski definition) is 1. The Labute approximate surface area is 167 Å². The predicted octanol–water partition coefficient (Wildman–Crippen LogP) is 4.38. The Morgan fingerprint density at radius 2 is 1.69 bits per heavy atom. The second-order valence-corrected chi connectivity index (χ2v) is 8.16. The number of rotatable bonds is 6. The van der Waals surface area contributed by atoms with Crippen LogP contribution in [0.5, 0.6) is 0 Å². The SMILES string of the molecule is O=C(CCCN1CCC(O)(c2ccc(I)cc2)CC1)c1ccc(F)cc1. The predicted molar refractivity (Wildman–Crippen MR) is 109 cm³/mol. The first-order chi connectivity index (χ1) is 12.5. The first-order valence-electron chi connectivity index (χ1n) is 8.96. The summed E-state index contributed by atoms with van der Waals surface area (Å²) in [4.78, 5) is 14.4. The number of Topliss-reactive ketones (excluding diaryl/α,β-unsaturated/α-hetero) is 1. The van der Waals surface area contributed by atoms with Crippen molar-refractivity contribution in [1.29, 1.82) is 0 Å². The van der Waals surface area contributed by atoms with Crippen molar-refractivity contribution in [2.45, 2.75) is 31.3 Å². The van der Waals surface area contributed by atoms with Crippen molar-refractivity contribution in [3.8, 4) is 0 Å². The monoisotopic (exact) mass is 467 g/mol. The molecule has 0 aliphatic carbocycles. The van der Waals surface area contributed by atoms with Crippen molar-refractivity contribution in [2.75, 3.05) is 19.6 Å². The zero-order valence-electron chi connectivity index (χ0n) is 14.6. The molecule has 3 nitrogen and oxygen atoms in total. The molecule has 0 aromatic heterocycles. The van der Waals surface area contributed by atoms with Crippen LogP contribution in [0.2, 0.25) is 0 Å². The lowest BCUT2D eigenvalue weighted by Gasteiger charge is -2.38. The molecular formula is C21H23FINO2. The number of halogens is 2. The summed E-state index contributed by atoms with van der Waals surface area (Å²) in [5.74, 6) is -0.270. The summed E-state index contributed by atoms with van der Waals surface area (Å²) in [6.45, 7) is 2.50. The van der Waals surface area contributed by atoms with Gasteiger partial charge in [0.1, 0.15) is 5.82 Å². The Hall–Kier alpha value is -1.31. The van der Waals surface area contributed by atoms with Gasteiger partial charge in [-0.1, -0.05) is 12.1 Å². The van der Waals surface area contributed by atoms with Crippen molar-refractivity contribution in [2.24, 2.45) is 0 Å². The zero-order chi connectivity index (χ0) is 18.6. The fraction of sp³-hybridized carbons (Fsp3) is 0.381. The molecular weight excluding hydrogens is 444 g/mol. The summed E-state index contributed by atoms with van der Waals surface area (Å²) in [5, 5.41) is 10.9. The second-order valence-electron chi connectivity index (χ2n) is 6.91. The van der Waals surface area contributed by atoms with E-state index in [1.165, 1.54) is 15.7 Å². The van der Waals surface area contributed by atoms with Crippen LogP contribution in [-0.4, -0.2) is 35.4 Å². The third-order valence-electron chi connectivity index (χ3n) is 5.11. The number of benzene rings is 2. The van der Waals surface area contributed by atoms with Gasteiger partial charge in [0.2, 0.25) is 0 Å². The molecule has 0 spiro atoms. The Kier molecular flexibility index (Phi) is 6.42. The van der Waals surface area contributed by atoms with Gasteiger partial charge in [-0.3, -0.25) is 4.79 Å². The molecule has 1 aliphatic rings. The Balaban J connectivity index is 1.44. The lowest BCUT2D eigenvalue weighted by Crippen LogP contribution is -2.42. The van der Waals surface area contributed by atoms with Gasteiger partial charge in [-0.15, -0.1) is 0 Å². The fourth-order valence-corrected chi connectivity index (χ4v) is 3.80. The number of carbonyl (C=O) groups is 1. The lowest BCUT2D eigenvalue weighted by molar-refractivity contribution is -0.0260. The minimum absolute atomic E-state index is 0.0532. The molecule has 1 heterocycles. The van der Waals surface area contributed by atoms with Crippen LogP contribution in [0, 0.1) is 9.39 Å². The van der Waals surface area contributed by atoms with E-state index in [0.29, 0.717) is 24.8 Å². The van der Waals surface area contributed by atoms with Crippen LogP contribution in [0.3, 0.4) is 0 Å². The van der Waals surface area contributed by atoms with Crippen LogP contribution >= 0.6 is 22.6 Å². The van der Waals surface area contributed by atoms with Crippen molar-refractivity contribution >= 4 is 28.4 Å². The smallest absolute Gasteiger partial charge is 0.162 e. The first kappa shape index (κ1) is 19.5. The Morgan fingerprint density at radius 3 is 2.31 bits per heavy atom. The van der Waals surface area contributed by atoms with Crippen LogP contribution in [0.15, 0.2) is 48.5 Å². The van der Waals surface area contributed by atoms with E-state index in [1.54, 1.807) is 12.1 Å². The quantitative estimate of drug-likeness (QED) is 0.507. The summed E-state index contributed by atoms with van der Waals surface area (Å²) in [7, 11) is 0. The Morgan fingerprint density at radius 1 is 1.08 bits per heavy atom. The summed E-state index contributed by atoms with van der Waals surface area (Å²) in [6.07, 6.45) is 2.65. The molecule has 26 heavy (non-hydrogen) atoms. The fourth-order valence-electron chi connectivity index (χ4n) is 3.44. The molecule has 1 aliphatic heterocycles.